The summed E-state index contributed by atoms with van der Waals surface area (Å²) in [7, 11) is 0. The zero-order chi connectivity index (χ0) is 20.9. The first-order valence-corrected chi connectivity index (χ1v) is 9.38. The number of nitrogens with one attached hydrogen (secondary N) is 1. The van der Waals surface area contributed by atoms with Gasteiger partial charge >= 0.3 is 11.7 Å². The van der Waals surface area contributed by atoms with Crippen molar-refractivity contribution in [3.8, 4) is 0 Å². The molecule has 0 aliphatic carbocycles. The molecule has 2 aromatic heterocycles. The Morgan fingerprint density at radius 1 is 1.03 bits per heavy atom. The lowest BCUT2D eigenvalue weighted by molar-refractivity contribution is -0.140. The summed E-state index contributed by atoms with van der Waals surface area (Å²) >= 11 is 0. The van der Waals surface area contributed by atoms with Gasteiger partial charge < -0.3 is 10.1 Å². The molecule has 4 rings (SSSR count). The van der Waals surface area contributed by atoms with Gasteiger partial charge in [0.2, 0.25) is 0 Å². The van der Waals surface area contributed by atoms with Crippen LogP contribution in [0.2, 0.25) is 0 Å². The molecule has 2 atom stereocenters. The zero-order valence-corrected chi connectivity index (χ0v) is 16.3. The maximum absolute atomic E-state index is 13.4. The van der Waals surface area contributed by atoms with E-state index >= 15 is 0 Å². The minimum absolute atomic E-state index is 0.309. The minimum atomic E-state index is -1.28. The van der Waals surface area contributed by atoms with Gasteiger partial charge in [-0.1, -0.05) is 24.3 Å². The second-order valence-electron chi connectivity index (χ2n) is 7.28. The molecule has 29 heavy (non-hydrogen) atoms. The predicted molar refractivity (Wildman–Crippen MR) is 112 cm³/mol. The Morgan fingerprint density at radius 3 is 2.48 bits per heavy atom. The molecule has 0 aliphatic rings. The van der Waals surface area contributed by atoms with Gasteiger partial charge in [0.15, 0.2) is 0 Å². The molecule has 0 amide bonds. The van der Waals surface area contributed by atoms with Gasteiger partial charge in [-0.25, -0.2) is 14.2 Å². The van der Waals surface area contributed by atoms with Crippen molar-refractivity contribution in [1.29, 1.82) is 0 Å². The summed E-state index contributed by atoms with van der Waals surface area (Å²) in [6.45, 7) is 5.22. The van der Waals surface area contributed by atoms with E-state index in [1.54, 1.807) is 24.3 Å². The second-order valence-corrected chi connectivity index (χ2v) is 7.28. The predicted octanol–water partition coefficient (Wildman–Crippen LogP) is 3.21. The van der Waals surface area contributed by atoms with Gasteiger partial charge in [0.1, 0.15) is 6.04 Å². The van der Waals surface area contributed by atoms with E-state index in [-0.39, 0.29) is 0 Å². The number of aromatic nitrogens is 3. The Kier molecular flexibility index (Phi) is 4.38. The Bertz CT molecular complexity index is 1380. The molecular formula is C22H21N3O4. The van der Waals surface area contributed by atoms with Crippen molar-refractivity contribution in [1.82, 2.24) is 14.1 Å². The topological polar surface area (TPSA) is 97.1 Å². The average Bonchev–Trinajstić information content (AvgIpc) is 3.13. The minimum Gasteiger partial charge on any atom is -0.480 e. The van der Waals surface area contributed by atoms with E-state index in [1.807, 2.05) is 38.2 Å². The van der Waals surface area contributed by atoms with Crippen LogP contribution in [0, 0.1) is 6.92 Å². The van der Waals surface area contributed by atoms with Gasteiger partial charge in [-0.05, 0) is 44.5 Å². The standard InChI is InChI=1S/C22H21N3O4/c1-12-7-6-9-17-19(12)16(11-23-17)13(2)24-18-10-5-4-8-15(18)20(26)25(22(24)29)14(3)21(27)28/h4-11,13-14,23H,1-3H3,(H,27,28)/t13?,14-/m1/s1. The molecule has 7 nitrogen and oxygen atoms in total. The third kappa shape index (κ3) is 2.77. The van der Waals surface area contributed by atoms with E-state index in [0.29, 0.717) is 10.9 Å². The molecule has 148 valence electrons. The van der Waals surface area contributed by atoms with Crippen LogP contribution >= 0.6 is 0 Å². The Morgan fingerprint density at radius 2 is 1.76 bits per heavy atom. The molecule has 0 fully saturated rings. The maximum Gasteiger partial charge on any atom is 0.332 e. The molecule has 0 saturated carbocycles. The number of aryl methyl sites for hydroxylation is 1. The van der Waals surface area contributed by atoms with Gasteiger partial charge in [-0.15, -0.1) is 0 Å². The second kappa shape index (κ2) is 6.77. The number of fused-ring (bicyclic) bond motifs is 2. The number of para-hydroxylation sites is 1. The van der Waals surface area contributed by atoms with Crippen molar-refractivity contribution < 1.29 is 9.90 Å². The SMILES string of the molecule is Cc1cccc2[nH]cc(C(C)n3c(=O)n([C@H](C)C(=O)O)c(=O)c4ccccc43)c12. The average molecular weight is 391 g/mol. The van der Waals surface area contributed by atoms with Crippen molar-refractivity contribution in [2.24, 2.45) is 0 Å². The van der Waals surface area contributed by atoms with E-state index in [2.05, 4.69) is 4.98 Å². The molecule has 2 heterocycles. The highest BCUT2D eigenvalue weighted by Crippen LogP contribution is 2.30. The quantitative estimate of drug-likeness (QED) is 0.558. The van der Waals surface area contributed by atoms with E-state index in [4.69, 9.17) is 0 Å². The van der Waals surface area contributed by atoms with Crippen LogP contribution in [-0.4, -0.2) is 25.2 Å². The fraction of sp³-hybridized carbons (Fsp3) is 0.227. The van der Waals surface area contributed by atoms with Crippen molar-refractivity contribution in [3.63, 3.8) is 0 Å². The van der Waals surface area contributed by atoms with Crippen LogP contribution in [0.25, 0.3) is 21.8 Å². The normalized spacial score (nSPS) is 13.6. The molecule has 0 aliphatic heterocycles. The van der Waals surface area contributed by atoms with Crippen LogP contribution in [0.15, 0.2) is 58.3 Å². The number of carboxylic acid groups (broad SMARTS) is 1. The molecule has 0 bridgehead atoms. The fourth-order valence-electron chi connectivity index (χ4n) is 3.99. The number of carboxylic acids is 1. The molecular weight excluding hydrogens is 370 g/mol. The van der Waals surface area contributed by atoms with E-state index in [0.717, 1.165) is 26.6 Å². The van der Waals surface area contributed by atoms with Gasteiger partial charge in [0, 0.05) is 22.7 Å². The van der Waals surface area contributed by atoms with Crippen molar-refractivity contribution in [2.45, 2.75) is 32.9 Å². The number of benzene rings is 2. The van der Waals surface area contributed by atoms with Crippen LogP contribution in [0.1, 0.15) is 37.1 Å². The highest BCUT2D eigenvalue weighted by molar-refractivity contribution is 5.87. The molecule has 1 unspecified atom stereocenters. The Hall–Kier alpha value is -3.61. The van der Waals surface area contributed by atoms with Gasteiger partial charge in [0.25, 0.3) is 5.56 Å². The van der Waals surface area contributed by atoms with Gasteiger partial charge in [0.05, 0.1) is 16.9 Å². The number of aromatic amines is 1. The number of carbonyl (C=O) groups is 1. The maximum atomic E-state index is 13.4. The number of H-pyrrole nitrogens is 1. The van der Waals surface area contributed by atoms with Crippen LogP contribution in [0.4, 0.5) is 0 Å². The molecule has 0 radical (unpaired) electrons. The third-order valence-electron chi connectivity index (χ3n) is 5.55. The fourth-order valence-corrected chi connectivity index (χ4v) is 3.99. The number of nitrogens with zero attached hydrogens (tertiary/aromatic N) is 2. The largest absolute Gasteiger partial charge is 0.480 e. The monoisotopic (exact) mass is 391 g/mol. The summed E-state index contributed by atoms with van der Waals surface area (Å²) in [5.74, 6) is -1.23. The highest BCUT2D eigenvalue weighted by Gasteiger charge is 2.25. The number of rotatable bonds is 4. The lowest BCUT2D eigenvalue weighted by Crippen LogP contribution is -2.44. The first-order valence-electron chi connectivity index (χ1n) is 9.38. The van der Waals surface area contributed by atoms with Crippen LogP contribution in [-0.2, 0) is 4.79 Å². The van der Waals surface area contributed by atoms with E-state index in [1.165, 1.54) is 11.5 Å². The van der Waals surface area contributed by atoms with Crippen molar-refractivity contribution >= 4 is 27.8 Å². The molecule has 0 saturated heterocycles. The summed E-state index contributed by atoms with van der Waals surface area (Å²) in [5.41, 5.74) is 2.16. The van der Waals surface area contributed by atoms with E-state index < -0.39 is 29.3 Å². The summed E-state index contributed by atoms with van der Waals surface area (Å²) in [5, 5.41) is 10.8. The van der Waals surface area contributed by atoms with Crippen LogP contribution in [0.3, 0.4) is 0 Å². The Labute approximate surface area is 165 Å². The van der Waals surface area contributed by atoms with Gasteiger partial charge in [-0.2, -0.15) is 0 Å². The highest BCUT2D eigenvalue weighted by atomic mass is 16.4. The number of hydrogen-bond donors (Lipinski definition) is 2. The van der Waals surface area contributed by atoms with E-state index in [9.17, 15) is 19.5 Å². The molecule has 2 aromatic carbocycles. The molecule has 7 heteroatoms. The lowest BCUT2D eigenvalue weighted by atomic mass is 10.0. The molecule has 4 aromatic rings. The van der Waals surface area contributed by atoms with Crippen molar-refractivity contribution in [2.75, 3.05) is 0 Å². The number of aliphatic carboxylic acids is 1. The molecule has 0 spiro atoms. The van der Waals surface area contributed by atoms with Gasteiger partial charge in [-0.3, -0.25) is 9.36 Å². The van der Waals surface area contributed by atoms with Crippen molar-refractivity contribution in [3.05, 3.63) is 80.6 Å². The lowest BCUT2D eigenvalue weighted by Gasteiger charge is -2.21. The molecule has 2 N–H and O–H groups in total. The summed E-state index contributed by atoms with van der Waals surface area (Å²) in [6, 6.07) is 11.0. The number of hydrogen-bond acceptors (Lipinski definition) is 3. The smallest absolute Gasteiger partial charge is 0.332 e. The van der Waals surface area contributed by atoms with Crippen LogP contribution < -0.4 is 11.2 Å². The Balaban J connectivity index is 2.09. The summed E-state index contributed by atoms with van der Waals surface area (Å²) in [4.78, 5) is 41.1. The third-order valence-corrected chi connectivity index (χ3v) is 5.55. The first kappa shape index (κ1) is 18.7. The zero-order valence-electron chi connectivity index (χ0n) is 16.3. The summed E-state index contributed by atoms with van der Waals surface area (Å²) in [6.07, 6.45) is 1.86. The van der Waals surface area contributed by atoms with Crippen LogP contribution in [0.5, 0.6) is 0 Å². The first-order chi connectivity index (χ1) is 13.8. The summed E-state index contributed by atoms with van der Waals surface area (Å²) < 4.78 is 2.33.